The van der Waals surface area contributed by atoms with Crippen molar-refractivity contribution in [2.45, 2.75) is 9.79 Å². The van der Waals surface area contributed by atoms with Gasteiger partial charge < -0.3 is 18.8 Å². The maximum Gasteiger partial charge on any atom is 0.265 e. The lowest BCUT2D eigenvalue weighted by Crippen LogP contribution is -2.14. The number of halogens is 1. The fraction of sp³-hybridized carbons (Fsp3) is 0.0556. The number of hydrogen-bond donors (Lipinski definition) is 2. The summed E-state index contributed by atoms with van der Waals surface area (Å²) in [5.74, 6) is 0. The molecule has 2 atom stereocenters. The van der Waals surface area contributed by atoms with Crippen LogP contribution >= 0.6 is 11.6 Å². The second-order valence-corrected chi connectivity index (χ2v) is 13.8. The summed E-state index contributed by atoms with van der Waals surface area (Å²) >= 11 is 6.10. The Labute approximate surface area is 276 Å². The van der Waals surface area contributed by atoms with Crippen LogP contribution in [0.15, 0.2) is 131 Å². The predicted octanol–water partition coefficient (Wildman–Crippen LogP) is 8.01. The Morgan fingerprint density at radius 3 is 1.51 bits per heavy atom. The molecule has 0 amide bonds. The minimum Gasteiger partial charge on any atom is -0.454 e. The zero-order valence-electron chi connectivity index (χ0n) is 25.0. The van der Waals surface area contributed by atoms with E-state index in [0.29, 0.717) is 55.1 Å². The molecule has 4 aromatic heterocycles. The van der Waals surface area contributed by atoms with Crippen LogP contribution in [0.5, 0.6) is 0 Å². The van der Waals surface area contributed by atoms with Crippen molar-refractivity contribution in [3.63, 3.8) is 0 Å². The van der Waals surface area contributed by atoms with Crippen LogP contribution in [-0.4, -0.2) is 30.9 Å². The normalized spacial score (nSPS) is 12.7. The molecule has 0 aliphatic carbocycles. The maximum atomic E-state index is 12.6. The van der Waals surface area contributed by atoms with Gasteiger partial charge in [-0.25, -0.2) is 0 Å². The third-order valence-electron chi connectivity index (χ3n) is 7.74. The largest absolute Gasteiger partial charge is 0.454 e. The van der Waals surface area contributed by atoms with Crippen LogP contribution in [0, 0.1) is 0 Å². The van der Waals surface area contributed by atoms with Crippen LogP contribution in [0.4, 0.5) is 0 Å². The molecule has 234 valence electrons. The molecule has 47 heavy (non-hydrogen) atoms. The van der Waals surface area contributed by atoms with Crippen LogP contribution in [0.3, 0.4) is 0 Å². The van der Waals surface area contributed by atoms with Gasteiger partial charge in [0, 0.05) is 39.4 Å². The van der Waals surface area contributed by atoms with Crippen molar-refractivity contribution in [3.8, 4) is 22.3 Å². The predicted molar refractivity (Wildman–Crippen MR) is 189 cm³/mol. The molecule has 0 radical (unpaired) electrons. The topological polar surface area (TPSA) is 126 Å². The van der Waals surface area contributed by atoms with Gasteiger partial charge in [0.15, 0.2) is 11.2 Å². The molecule has 8 nitrogen and oxygen atoms in total. The first kappa shape index (κ1) is 30.6. The van der Waals surface area contributed by atoms with Crippen LogP contribution in [0.2, 0.25) is 5.02 Å². The van der Waals surface area contributed by atoms with Crippen LogP contribution in [-0.2, 0) is 21.6 Å². The molecule has 0 aliphatic heterocycles. The van der Waals surface area contributed by atoms with E-state index in [1.807, 2.05) is 84.9 Å². The highest BCUT2D eigenvalue weighted by Crippen LogP contribution is 2.38. The summed E-state index contributed by atoms with van der Waals surface area (Å²) in [6, 6.07) is 31.5. The summed E-state index contributed by atoms with van der Waals surface area (Å²) in [4.78, 5) is 31.2. The van der Waals surface area contributed by atoms with Crippen LogP contribution in [0.1, 0.15) is 0 Å². The van der Waals surface area contributed by atoms with Crippen LogP contribution in [0.25, 0.3) is 66.4 Å². The lowest BCUT2D eigenvalue weighted by atomic mass is 10.1. The van der Waals surface area contributed by atoms with E-state index in [1.54, 1.807) is 18.2 Å². The Morgan fingerprint density at radius 2 is 1.02 bits per heavy atom. The molecule has 8 aromatic rings. The van der Waals surface area contributed by atoms with E-state index in [4.69, 9.17) is 20.4 Å². The molecular weight excluding hydrogens is 656 g/mol. The third kappa shape index (κ3) is 5.44. The molecular formula is C36H25ClN2O6S2. The van der Waals surface area contributed by atoms with Gasteiger partial charge in [-0.2, -0.15) is 0 Å². The second kappa shape index (κ2) is 12.3. The summed E-state index contributed by atoms with van der Waals surface area (Å²) < 4.78 is 36.3. The summed E-state index contributed by atoms with van der Waals surface area (Å²) in [6.45, 7) is 0. The molecule has 2 N–H and O–H groups in total. The molecule has 4 heterocycles. The summed E-state index contributed by atoms with van der Waals surface area (Å²) in [5, 5.41) is 2.18. The van der Waals surface area contributed by atoms with Crippen LogP contribution < -0.4 is 11.1 Å². The van der Waals surface area contributed by atoms with Crippen molar-refractivity contribution in [2.24, 2.45) is 0 Å². The Kier molecular flexibility index (Phi) is 8.01. The highest BCUT2D eigenvalue weighted by Gasteiger charge is 2.23. The number of hydrogen-bond acceptors (Lipinski definition) is 6. The number of benzene rings is 4. The van der Waals surface area contributed by atoms with Gasteiger partial charge in [-0.15, -0.1) is 0 Å². The molecule has 2 unspecified atom stereocenters. The minimum absolute atomic E-state index is 0.184. The number of para-hydroxylation sites is 2. The van der Waals surface area contributed by atoms with Crippen molar-refractivity contribution in [3.05, 3.63) is 129 Å². The summed E-state index contributed by atoms with van der Waals surface area (Å²) in [7, 11) is -2.92. The second-order valence-electron chi connectivity index (χ2n) is 10.7. The average Bonchev–Trinajstić information content (AvgIpc) is 3.62. The lowest BCUT2D eigenvalue weighted by molar-refractivity contribution is 0.665. The Balaban J connectivity index is 0.000000150. The molecule has 0 bridgehead atoms. The SMILES string of the molecule is CS(=O)c1c(-c2cccc(Cl)c2)c2oc3ccccc3c2[nH]c1=O.CS(=O)c1c(-c2ccccc2)c2oc3ccccc3c2[nH]c1=O. The Morgan fingerprint density at radius 1 is 0.574 bits per heavy atom. The highest BCUT2D eigenvalue weighted by atomic mass is 35.5. The lowest BCUT2D eigenvalue weighted by Gasteiger charge is -2.08. The number of rotatable bonds is 4. The molecule has 0 aliphatic rings. The summed E-state index contributed by atoms with van der Waals surface area (Å²) in [5.41, 5.74) is 5.54. The van der Waals surface area contributed by atoms with Gasteiger partial charge in [0.05, 0.1) is 32.6 Å². The molecule has 0 spiro atoms. The standard InChI is InChI=1S/C18H12ClNO3S.C18H13NO3S/c1-24(22)17-14(10-5-4-6-11(19)9-10)16-15(20-18(17)21)12-7-2-3-8-13(12)23-16;1-23(21)17-14(11-7-3-2-4-8-11)16-15(19-18(17)20)12-9-5-6-10-13(12)22-16/h2-9H,1H3,(H,20,21);2-10H,1H3,(H,19,20). The number of aromatic nitrogens is 2. The van der Waals surface area contributed by atoms with Crippen molar-refractivity contribution in [2.75, 3.05) is 12.5 Å². The van der Waals surface area contributed by atoms with Crippen molar-refractivity contribution >= 4 is 77.3 Å². The van der Waals surface area contributed by atoms with Crippen molar-refractivity contribution < 1.29 is 17.3 Å². The van der Waals surface area contributed by atoms with Gasteiger partial charge in [-0.05, 0) is 47.5 Å². The molecule has 0 fully saturated rings. The first-order valence-electron chi connectivity index (χ1n) is 14.4. The fourth-order valence-corrected chi connectivity index (χ4v) is 7.60. The van der Waals surface area contributed by atoms with Crippen molar-refractivity contribution in [1.82, 2.24) is 9.97 Å². The number of aromatic amines is 2. The van der Waals surface area contributed by atoms with Gasteiger partial charge in [-0.1, -0.05) is 78.3 Å². The Hall–Kier alpha value is -5.03. The molecule has 8 rings (SSSR count). The van der Waals surface area contributed by atoms with E-state index in [-0.39, 0.29) is 20.9 Å². The van der Waals surface area contributed by atoms with Gasteiger partial charge in [0.1, 0.15) is 21.0 Å². The number of H-pyrrole nitrogens is 2. The van der Waals surface area contributed by atoms with E-state index in [1.165, 1.54) is 12.5 Å². The molecule has 11 heteroatoms. The first-order valence-corrected chi connectivity index (χ1v) is 17.9. The zero-order valence-corrected chi connectivity index (χ0v) is 27.3. The quantitative estimate of drug-likeness (QED) is 0.194. The molecule has 4 aromatic carbocycles. The Bertz CT molecular complexity index is 2660. The maximum absolute atomic E-state index is 12.6. The van der Waals surface area contributed by atoms with Crippen molar-refractivity contribution in [1.29, 1.82) is 0 Å². The number of furan rings is 2. The zero-order chi connectivity index (χ0) is 32.8. The van der Waals surface area contributed by atoms with Gasteiger partial charge in [-0.3, -0.25) is 18.0 Å². The first-order chi connectivity index (χ1) is 22.7. The molecule has 0 saturated heterocycles. The summed E-state index contributed by atoms with van der Waals surface area (Å²) in [6.07, 6.45) is 2.98. The van der Waals surface area contributed by atoms with E-state index >= 15 is 0 Å². The third-order valence-corrected chi connectivity index (χ3v) is 9.90. The monoisotopic (exact) mass is 680 g/mol. The van der Waals surface area contributed by atoms with E-state index in [9.17, 15) is 18.0 Å². The van der Waals surface area contributed by atoms with Gasteiger partial charge in [0.2, 0.25) is 0 Å². The highest BCUT2D eigenvalue weighted by molar-refractivity contribution is 7.84. The smallest absolute Gasteiger partial charge is 0.265 e. The molecule has 0 saturated carbocycles. The van der Waals surface area contributed by atoms with E-state index < -0.39 is 21.6 Å². The fourth-order valence-electron chi connectivity index (χ4n) is 5.79. The number of nitrogens with one attached hydrogen (secondary N) is 2. The van der Waals surface area contributed by atoms with Gasteiger partial charge in [0.25, 0.3) is 11.1 Å². The number of fused-ring (bicyclic) bond motifs is 6. The minimum atomic E-state index is -1.48. The average molecular weight is 681 g/mol. The van der Waals surface area contributed by atoms with E-state index in [0.717, 1.165) is 16.3 Å². The van der Waals surface area contributed by atoms with Gasteiger partial charge >= 0.3 is 0 Å². The number of pyridine rings is 2. The van der Waals surface area contributed by atoms with E-state index in [2.05, 4.69) is 9.97 Å².